The number of carbonyl (C=O) groups excluding carboxylic acids is 2. The highest BCUT2D eigenvalue weighted by Gasteiger charge is 2.28. The largest absolute Gasteiger partial charge is 0.455 e. The maximum atomic E-state index is 12.7. The zero-order valence-electron chi connectivity index (χ0n) is 16.9. The molecular formula is C23H22N4O3. The molecule has 30 heavy (non-hydrogen) atoms. The van der Waals surface area contributed by atoms with Gasteiger partial charge in [0.05, 0.1) is 5.71 Å². The molecule has 1 aromatic carbocycles. The zero-order valence-corrected chi connectivity index (χ0v) is 16.9. The minimum atomic E-state index is -0.323. The number of nitrogens with one attached hydrogen (secondary N) is 2. The highest BCUT2D eigenvalue weighted by molar-refractivity contribution is 6.09. The number of aromatic nitrogens is 1. The molecule has 2 N–H and O–H groups in total. The number of nitrogens with zero attached hydrogens (tertiary/aromatic N) is 2. The third-order valence-corrected chi connectivity index (χ3v) is 5.15. The third-order valence-electron chi connectivity index (χ3n) is 5.15. The van der Waals surface area contributed by atoms with Gasteiger partial charge in [0, 0.05) is 41.2 Å². The average molecular weight is 402 g/mol. The molecule has 1 aliphatic carbocycles. The fourth-order valence-electron chi connectivity index (χ4n) is 3.63. The topological polar surface area (TPSA) is 96.6 Å². The van der Waals surface area contributed by atoms with Crippen LogP contribution in [-0.2, 0) is 6.42 Å². The summed E-state index contributed by atoms with van der Waals surface area (Å²) in [5.41, 5.74) is 7.02. The van der Waals surface area contributed by atoms with Gasteiger partial charge in [-0.05, 0) is 50.5 Å². The van der Waals surface area contributed by atoms with Crippen LogP contribution < -0.4 is 10.7 Å². The number of benzene rings is 1. The van der Waals surface area contributed by atoms with Crippen molar-refractivity contribution in [1.29, 1.82) is 0 Å². The molecule has 0 bridgehead atoms. The first-order valence-electron chi connectivity index (χ1n) is 9.81. The zero-order chi connectivity index (χ0) is 21.1. The Morgan fingerprint density at radius 1 is 1.03 bits per heavy atom. The van der Waals surface area contributed by atoms with Gasteiger partial charge in [0.25, 0.3) is 11.8 Å². The second-order valence-corrected chi connectivity index (χ2v) is 7.21. The Labute approximate surface area is 174 Å². The van der Waals surface area contributed by atoms with Gasteiger partial charge in [-0.25, -0.2) is 5.43 Å². The molecule has 3 aromatic rings. The SMILES string of the molecule is Cc1ccccc1C(=O)N/N=C1\CCCc2oc(C(=O)Nc3ccncc3)c(C)c21. The predicted molar refractivity (Wildman–Crippen MR) is 114 cm³/mol. The monoisotopic (exact) mass is 402 g/mol. The first kappa shape index (κ1) is 19.6. The van der Waals surface area contributed by atoms with E-state index in [1.807, 2.05) is 32.0 Å². The van der Waals surface area contributed by atoms with Crippen LogP contribution in [0.3, 0.4) is 0 Å². The summed E-state index contributed by atoms with van der Waals surface area (Å²) < 4.78 is 5.89. The van der Waals surface area contributed by atoms with Crippen molar-refractivity contribution in [2.45, 2.75) is 33.1 Å². The summed E-state index contributed by atoms with van der Waals surface area (Å²) in [5.74, 6) is 0.403. The molecule has 0 atom stereocenters. The second-order valence-electron chi connectivity index (χ2n) is 7.21. The number of fused-ring (bicyclic) bond motifs is 1. The highest BCUT2D eigenvalue weighted by atomic mass is 16.4. The van der Waals surface area contributed by atoms with Crippen LogP contribution >= 0.6 is 0 Å². The molecule has 152 valence electrons. The van der Waals surface area contributed by atoms with Gasteiger partial charge in [-0.15, -0.1) is 0 Å². The van der Waals surface area contributed by atoms with Crippen molar-refractivity contribution in [3.63, 3.8) is 0 Å². The first-order valence-corrected chi connectivity index (χ1v) is 9.81. The Morgan fingerprint density at radius 2 is 1.80 bits per heavy atom. The number of pyridine rings is 1. The summed E-state index contributed by atoms with van der Waals surface area (Å²) in [7, 11) is 0. The third kappa shape index (κ3) is 3.87. The van der Waals surface area contributed by atoms with Crippen molar-refractivity contribution in [1.82, 2.24) is 10.4 Å². The molecule has 4 rings (SSSR count). The number of hydrogen-bond acceptors (Lipinski definition) is 5. The van der Waals surface area contributed by atoms with Gasteiger partial charge < -0.3 is 9.73 Å². The minimum Gasteiger partial charge on any atom is -0.455 e. The van der Waals surface area contributed by atoms with Crippen molar-refractivity contribution in [3.05, 3.63) is 82.6 Å². The maximum absolute atomic E-state index is 12.7. The summed E-state index contributed by atoms with van der Waals surface area (Å²) in [6.07, 6.45) is 5.48. The van der Waals surface area contributed by atoms with Crippen LogP contribution in [0.5, 0.6) is 0 Å². The van der Waals surface area contributed by atoms with Crippen molar-refractivity contribution in [2.75, 3.05) is 5.32 Å². The quantitative estimate of drug-likeness (QED) is 0.644. The van der Waals surface area contributed by atoms with Gasteiger partial charge in [0.15, 0.2) is 5.76 Å². The van der Waals surface area contributed by atoms with Crippen LogP contribution in [0, 0.1) is 13.8 Å². The summed E-state index contributed by atoms with van der Waals surface area (Å²) in [4.78, 5) is 29.2. The first-order chi connectivity index (χ1) is 14.5. The molecule has 0 aliphatic heterocycles. The molecule has 0 unspecified atom stereocenters. The summed E-state index contributed by atoms with van der Waals surface area (Å²) >= 11 is 0. The van der Waals surface area contributed by atoms with E-state index in [0.717, 1.165) is 41.0 Å². The standard InChI is InChI=1S/C23H22N4O3/c1-14-6-3-4-7-17(14)22(28)27-26-18-8-5-9-19-20(18)15(2)21(30-19)23(29)25-16-10-12-24-13-11-16/h3-4,6-7,10-13H,5,8-9H2,1-2H3,(H,27,28)(H,24,25,29)/b26-18+. The number of aryl methyl sites for hydroxylation is 2. The fraction of sp³-hybridized carbons (Fsp3) is 0.217. The van der Waals surface area contributed by atoms with Crippen LogP contribution in [0.2, 0.25) is 0 Å². The molecule has 2 heterocycles. The van der Waals surface area contributed by atoms with E-state index in [4.69, 9.17) is 4.42 Å². The Kier molecular flexibility index (Phi) is 5.43. The van der Waals surface area contributed by atoms with E-state index >= 15 is 0 Å². The van der Waals surface area contributed by atoms with Crippen LogP contribution in [0.15, 0.2) is 58.3 Å². The smallest absolute Gasteiger partial charge is 0.291 e. The molecule has 7 heteroatoms. The van der Waals surface area contributed by atoms with Crippen LogP contribution in [0.25, 0.3) is 0 Å². The number of carbonyl (C=O) groups is 2. The lowest BCUT2D eigenvalue weighted by atomic mass is 9.93. The Hall–Kier alpha value is -3.74. The molecule has 0 spiro atoms. The van der Waals surface area contributed by atoms with Gasteiger partial charge >= 0.3 is 0 Å². The van der Waals surface area contributed by atoms with Crippen molar-refractivity contribution >= 4 is 23.2 Å². The van der Waals surface area contributed by atoms with Crippen molar-refractivity contribution < 1.29 is 14.0 Å². The van der Waals surface area contributed by atoms with E-state index in [2.05, 4.69) is 20.8 Å². The van der Waals surface area contributed by atoms with Crippen molar-refractivity contribution in [2.24, 2.45) is 5.10 Å². The molecule has 0 fully saturated rings. The van der Waals surface area contributed by atoms with Crippen LogP contribution in [0.1, 0.15) is 56.2 Å². The van der Waals surface area contributed by atoms with Gasteiger partial charge in [0.1, 0.15) is 5.76 Å². The van der Waals surface area contributed by atoms with Gasteiger partial charge in [-0.2, -0.15) is 5.10 Å². The van der Waals surface area contributed by atoms with E-state index in [1.165, 1.54) is 0 Å². The molecule has 0 saturated carbocycles. The van der Waals surface area contributed by atoms with E-state index < -0.39 is 0 Å². The Balaban J connectivity index is 1.58. The fourth-order valence-corrected chi connectivity index (χ4v) is 3.63. The summed E-state index contributed by atoms with van der Waals surface area (Å²) in [5, 5.41) is 7.20. The molecule has 0 radical (unpaired) electrons. The second kappa shape index (κ2) is 8.32. The molecule has 2 amide bonds. The molecule has 2 aromatic heterocycles. The average Bonchev–Trinajstić information content (AvgIpc) is 3.10. The number of anilines is 1. The van der Waals surface area contributed by atoms with E-state index in [0.29, 0.717) is 17.7 Å². The lowest BCUT2D eigenvalue weighted by molar-refractivity contribution is 0.0953. The summed E-state index contributed by atoms with van der Waals surface area (Å²) in [6.45, 7) is 3.72. The lowest BCUT2D eigenvalue weighted by Gasteiger charge is -2.13. The van der Waals surface area contributed by atoms with Crippen molar-refractivity contribution in [3.8, 4) is 0 Å². The maximum Gasteiger partial charge on any atom is 0.291 e. The molecule has 0 saturated heterocycles. The van der Waals surface area contributed by atoms with Gasteiger partial charge in [-0.3, -0.25) is 14.6 Å². The highest BCUT2D eigenvalue weighted by Crippen LogP contribution is 2.30. The predicted octanol–water partition coefficient (Wildman–Crippen LogP) is 4.01. The van der Waals surface area contributed by atoms with E-state index in [1.54, 1.807) is 30.6 Å². The minimum absolute atomic E-state index is 0.260. The molecule has 1 aliphatic rings. The van der Waals surface area contributed by atoms with Crippen LogP contribution in [0.4, 0.5) is 5.69 Å². The lowest BCUT2D eigenvalue weighted by Crippen LogP contribution is -2.22. The summed E-state index contributed by atoms with van der Waals surface area (Å²) in [6, 6.07) is 10.8. The number of furan rings is 1. The van der Waals surface area contributed by atoms with Gasteiger partial charge in [0.2, 0.25) is 0 Å². The number of amides is 2. The Bertz CT molecular complexity index is 1130. The molecular weight excluding hydrogens is 380 g/mol. The van der Waals surface area contributed by atoms with E-state index in [-0.39, 0.29) is 17.6 Å². The van der Waals surface area contributed by atoms with Gasteiger partial charge in [-0.1, -0.05) is 18.2 Å². The van der Waals surface area contributed by atoms with E-state index in [9.17, 15) is 9.59 Å². The molecule has 7 nitrogen and oxygen atoms in total. The van der Waals surface area contributed by atoms with Crippen LogP contribution in [-0.4, -0.2) is 22.5 Å². The number of rotatable bonds is 4. The normalized spacial score (nSPS) is 14.3. The number of hydrazone groups is 1. The Morgan fingerprint density at radius 3 is 2.57 bits per heavy atom. The number of hydrogen-bond donors (Lipinski definition) is 2.